The van der Waals surface area contributed by atoms with Crippen molar-refractivity contribution in [2.75, 3.05) is 39.3 Å². The number of thiazole rings is 1. The first-order valence-corrected chi connectivity index (χ1v) is 10.6. The molecule has 0 aliphatic carbocycles. The second-order valence-electron chi connectivity index (χ2n) is 8.35. The first kappa shape index (κ1) is 17.3. The number of aromatic nitrogens is 1. The summed E-state index contributed by atoms with van der Waals surface area (Å²) in [5.41, 5.74) is 2.16. The number of amides is 1. The van der Waals surface area contributed by atoms with E-state index < -0.39 is 0 Å². The lowest BCUT2D eigenvalue weighted by atomic mass is 9.64. The van der Waals surface area contributed by atoms with Gasteiger partial charge in [-0.05, 0) is 19.4 Å². The Hall–Kier alpha value is -1.76. The fraction of sp³-hybridized carbons (Fsp3) is 0.524. The molecule has 6 heteroatoms. The smallest absolute Gasteiger partial charge is 0.263 e. The van der Waals surface area contributed by atoms with Crippen LogP contribution in [0, 0.1) is 19.8 Å². The first-order chi connectivity index (χ1) is 13.0. The average Bonchev–Trinajstić information content (AvgIpc) is 2.82. The second-order valence-corrected chi connectivity index (χ2v) is 9.55. The van der Waals surface area contributed by atoms with Crippen molar-refractivity contribution < 1.29 is 4.79 Å². The maximum absolute atomic E-state index is 13.2. The van der Waals surface area contributed by atoms with Crippen LogP contribution in [0.1, 0.15) is 25.9 Å². The number of nitrogens with zero attached hydrogens (tertiary/aromatic N) is 3. The molecule has 4 fully saturated rings. The van der Waals surface area contributed by atoms with E-state index in [-0.39, 0.29) is 17.4 Å². The summed E-state index contributed by atoms with van der Waals surface area (Å²) >= 11 is 1.50. The normalized spacial score (nSPS) is 34.4. The van der Waals surface area contributed by atoms with E-state index in [2.05, 4.69) is 50.4 Å². The summed E-state index contributed by atoms with van der Waals surface area (Å²) in [5.74, 6) is 0.517. The molecule has 3 unspecified atom stereocenters. The summed E-state index contributed by atoms with van der Waals surface area (Å²) in [6.07, 6.45) is 0. The van der Waals surface area contributed by atoms with Gasteiger partial charge in [0, 0.05) is 56.6 Å². The van der Waals surface area contributed by atoms with Gasteiger partial charge in [-0.2, -0.15) is 0 Å². The highest BCUT2D eigenvalue weighted by atomic mass is 32.1. The zero-order valence-electron chi connectivity index (χ0n) is 15.9. The molecule has 4 saturated heterocycles. The summed E-state index contributed by atoms with van der Waals surface area (Å²) in [5, 5.41) is 4.43. The van der Waals surface area contributed by atoms with Crippen LogP contribution in [0.5, 0.6) is 0 Å². The molecule has 142 valence electrons. The Morgan fingerprint density at radius 3 is 2.41 bits per heavy atom. The number of aryl methyl sites for hydroxylation is 2. The third-order valence-corrected chi connectivity index (χ3v) is 7.61. The van der Waals surface area contributed by atoms with Gasteiger partial charge in [0.05, 0.1) is 10.7 Å². The van der Waals surface area contributed by atoms with Crippen LogP contribution < -0.4 is 5.32 Å². The molecule has 1 amide bonds. The number of rotatable bonds is 3. The predicted molar refractivity (Wildman–Crippen MR) is 107 cm³/mol. The minimum atomic E-state index is -0.0395. The molecule has 6 rings (SSSR count). The minimum absolute atomic E-state index is 0.0395. The molecule has 27 heavy (non-hydrogen) atoms. The van der Waals surface area contributed by atoms with Gasteiger partial charge in [-0.15, -0.1) is 11.3 Å². The molecule has 0 saturated carbocycles. The van der Waals surface area contributed by atoms with E-state index in [9.17, 15) is 4.79 Å². The quantitative estimate of drug-likeness (QED) is 0.883. The molecule has 4 bridgehead atoms. The Morgan fingerprint density at radius 2 is 1.81 bits per heavy atom. The van der Waals surface area contributed by atoms with Crippen LogP contribution in [-0.4, -0.2) is 66.0 Å². The highest BCUT2D eigenvalue weighted by Gasteiger charge is 2.55. The molecular weight excluding hydrogens is 356 g/mol. The first-order valence-electron chi connectivity index (χ1n) is 9.80. The van der Waals surface area contributed by atoms with Gasteiger partial charge in [-0.3, -0.25) is 4.79 Å². The Kier molecular flexibility index (Phi) is 4.11. The molecule has 0 radical (unpaired) electrons. The van der Waals surface area contributed by atoms with Crippen LogP contribution in [0.4, 0.5) is 0 Å². The van der Waals surface area contributed by atoms with Crippen molar-refractivity contribution in [3.8, 4) is 0 Å². The number of nitrogens with one attached hydrogen (secondary N) is 1. The predicted octanol–water partition coefficient (Wildman–Crippen LogP) is 2.06. The summed E-state index contributed by atoms with van der Waals surface area (Å²) in [4.78, 5) is 23.6. The molecule has 0 spiro atoms. The van der Waals surface area contributed by atoms with E-state index in [0.717, 1.165) is 54.8 Å². The Balaban J connectivity index is 1.53. The van der Waals surface area contributed by atoms with E-state index in [4.69, 9.17) is 0 Å². The van der Waals surface area contributed by atoms with Crippen LogP contribution in [0.25, 0.3) is 0 Å². The molecule has 5 nitrogen and oxygen atoms in total. The van der Waals surface area contributed by atoms with Crippen molar-refractivity contribution in [1.29, 1.82) is 0 Å². The van der Waals surface area contributed by atoms with Crippen LogP contribution in [0.2, 0.25) is 0 Å². The van der Waals surface area contributed by atoms with E-state index in [1.54, 1.807) is 0 Å². The van der Waals surface area contributed by atoms with Gasteiger partial charge in [0.25, 0.3) is 5.91 Å². The third kappa shape index (κ3) is 2.82. The second kappa shape index (κ2) is 6.40. The maximum atomic E-state index is 13.2. The van der Waals surface area contributed by atoms with Crippen molar-refractivity contribution in [2.45, 2.75) is 25.3 Å². The topological polar surface area (TPSA) is 48.5 Å². The SMILES string of the molecule is Cc1nc(C)c(C(=O)NC2C3CN4CCN(C3)CC2(c2ccccc2)C4)s1. The van der Waals surface area contributed by atoms with Crippen molar-refractivity contribution in [2.24, 2.45) is 5.92 Å². The van der Waals surface area contributed by atoms with Gasteiger partial charge in [0.1, 0.15) is 4.88 Å². The third-order valence-electron chi connectivity index (χ3n) is 6.54. The van der Waals surface area contributed by atoms with Crippen molar-refractivity contribution in [1.82, 2.24) is 20.1 Å². The fourth-order valence-electron chi connectivity index (χ4n) is 5.52. The molecule has 2 aromatic rings. The highest BCUT2D eigenvalue weighted by Crippen LogP contribution is 2.43. The van der Waals surface area contributed by atoms with Crippen molar-refractivity contribution in [3.63, 3.8) is 0 Å². The van der Waals surface area contributed by atoms with Gasteiger partial charge >= 0.3 is 0 Å². The van der Waals surface area contributed by atoms with Gasteiger partial charge in [-0.25, -0.2) is 4.98 Å². The van der Waals surface area contributed by atoms with Crippen LogP contribution in [-0.2, 0) is 5.41 Å². The van der Waals surface area contributed by atoms with E-state index in [1.807, 2.05) is 13.8 Å². The van der Waals surface area contributed by atoms with Gasteiger partial charge in [0.2, 0.25) is 0 Å². The summed E-state index contributed by atoms with van der Waals surface area (Å²) in [6, 6.07) is 11.0. The van der Waals surface area contributed by atoms with E-state index in [1.165, 1.54) is 16.9 Å². The zero-order chi connectivity index (χ0) is 18.6. The van der Waals surface area contributed by atoms with Crippen LogP contribution in [0.3, 0.4) is 0 Å². The molecule has 1 N–H and O–H groups in total. The molecule has 4 aliphatic rings. The van der Waals surface area contributed by atoms with Crippen LogP contribution in [0.15, 0.2) is 30.3 Å². The van der Waals surface area contributed by atoms with Gasteiger partial charge < -0.3 is 15.1 Å². The summed E-state index contributed by atoms with van der Waals surface area (Å²) < 4.78 is 0. The molecular formula is C21H26N4OS. The van der Waals surface area contributed by atoms with Crippen molar-refractivity contribution >= 4 is 17.2 Å². The minimum Gasteiger partial charge on any atom is -0.347 e. The lowest BCUT2D eigenvalue weighted by molar-refractivity contribution is 0.0181. The molecule has 4 aliphatic heterocycles. The number of hydrogen-bond acceptors (Lipinski definition) is 5. The highest BCUT2D eigenvalue weighted by molar-refractivity contribution is 7.13. The molecule has 1 aromatic heterocycles. The number of piperidine rings is 2. The number of fused-ring (bicyclic) bond motifs is 1. The number of carbonyl (C=O) groups excluding carboxylic acids is 1. The van der Waals surface area contributed by atoms with Crippen LogP contribution >= 0.6 is 11.3 Å². The van der Waals surface area contributed by atoms with E-state index in [0.29, 0.717) is 5.92 Å². The Bertz CT molecular complexity index is 848. The summed E-state index contributed by atoms with van der Waals surface area (Å²) in [7, 11) is 0. The number of hydrogen-bond donors (Lipinski definition) is 1. The standard InChI is InChI=1S/C21H26N4OS/c1-14-18(27-15(2)22-14)20(26)23-19-16-10-24-8-9-25(11-16)13-21(19,12-24)17-6-4-3-5-7-17/h3-7,16,19H,8-13H2,1-2H3,(H,23,26). The molecule has 1 aromatic carbocycles. The van der Waals surface area contributed by atoms with Gasteiger partial charge in [0.15, 0.2) is 0 Å². The van der Waals surface area contributed by atoms with Crippen molar-refractivity contribution in [3.05, 3.63) is 51.5 Å². The number of benzene rings is 1. The lowest BCUT2D eigenvalue weighted by Crippen LogP contribution is -2.70. The average molecular weight is 383 g/mol. The fourth-order valence-corrected chi connectivity index (χ4v) is 6.34. The Labute approximate surface area is 164 Å². The molecule has 5 heterocycles. The monoisotopic (exact) mass is 382 g/mol. The van der Waals surface area contributed by atoms with Gasteiger partial charge in [-0.1, -0.05) is 30.3 Å². The zero-order valence-corrected chi connectivity index (χ0v) is 16.8. The molecule has 3 atom stereocenters. The van der Waals surface area contributed by atoms with E-state index >= 15 is 0 Å². The Morgan fingerprint density at radius 1 is 1.15 bits per heavy atom. The summed E-state index contributed by atoms with van der Waals surface area (Å²) in [6.45, 7) is 10.4. The largest absolute Gasteiger partial charge is 0.347 e. The number of carbonyl (C=O) groups is 1. The lowest BCUT2D eigenvalue weighted by Gasteiger charge is -2.55. The maximum Gasteiger partial charge on any atom is 0.263 e.